The molecule has 0 aromatic heterocycles. The Morgan fingerprint density at radius 2 is 2.00 bits per heavy atom. The van der Waals surface area contributed by atoms with Crippen LogP contribution in [-0.2, 0) is 0 Å². The zero-order valence-electron chi connectivity index (χ0n) is 11.7. The Morgan fingerprint density at radius 1 is 1.28 bits per heavy atom. The molecule has 1 atom stereocenters. The van der Waals surface area contributed by atoms with Crippen molar-refractivity contribution in [1.29, 1.82) is 0 Å². The highest BCUT2D eigenvalue weighted by molar-refractivity contribution is 5.20. The molecule has 1 heterocycles. The summed E-state index contributed by atoms with van der Waals surface area (Å²) < 4.78 is 0. The zero-order valence-corrected chi connectivity index (χ0v) is 11.7. The minimum Gasteiger partial charge on any atom is -0.330 e. The first-order valence-electron chi connectivity index (χ1n) is 7.08. The smallest absolute Gasteiger partial charge is 0.00888 e. The second-order valence-corrected chi connectivity index (χ2v) is 6.35. The Kier molecular flexibility index (Phi) is 4.41. The van der Waals surface area contributed by atoms with Gasteiger partial charge >= 0.3 is 0 Å². The SMILES string of the molecule is CC1(C)CCCN(CC(CN)c2ccccc2)C1. The molecule has 0 saturated carbocycles. The van der Waals surface area contributed by atoms with Gasteiger partial charge in [0, 0.05) is 25.6 Å². The molecule has 1 unspecified atom stereocenters. The van der Waals surface area contributed by atoms with Crippen LogP contribution in [0.1, 0.15) is 38.2 Å². The van der Waals surface area contributed by atoms with E-state index in [-0.39, 0.29) is 0 Å². The van der Waals surface area contributed by atoms with E-state index in [9.17, 15) is 0 Å². The topological polar surface area (TPSA) is 29.3 Å². The summed E-state index contributed by atoms with van der Waals surface area (Å²) in [7, 11) is 0. The van der Waals surface area contributed by atoms with E-state index in [0.717, 1.165) is 13.1 Å². The summed E-state index contributed by atoms with van der Waals surface area (Å²) >= 11 is 0. The van der Waals surface area contributed by atoms with Crippen LogP contribution >= 0.6 is 0 Å². The molecular weight excluding hydrogens is 220 g/mol. The van der Waals surface area contributed by atoms with Gasteiger partial charge in [0.05, 0.1) is 0 Å². The zero-order chi connectivity index (χ0) is 13.0. The summed E-state index contributed by atoms with van der Waals surface area (Å²) in [6.07, 6.45) is 2.67. The van der Waals surface area contributed by atoms with Crippen LogP contribution < -0.4 is 5.73 Å². The number of rotatable bonds is 4. The second-order valence-electron chi connectivity index (χ2n) is 6.35. The number of nitrogens with two attached hydrogens (primary N) is 1. The van der Waals surface area contributed by atoms with E-state index in [1.54, 1.807) is 0 Å². The third kappa shape index (κ3) is 3.56. The van der Waals surface area contributed by atoms with Gasteiger partial charge in [-0.25, -0.2) is 0 Å². The summed E-state index contributed by atoms with van der Waals surface area (Å²) in [5.41, 5.74) is 7.81. The van der Waals surface area contributed by atoms with Crippen molar-refractivity contribution in [2.45, 2.75) is 32.6 Å². The first-order valence-corrected chi connectivity index (χ1v) is 7.08. The van der Waals surface area contributed by atoms with Crippen LogP contribution in [0.3, 0.4) is 0 Å². The monoisotopic (exact) mass is 246 g/mol. The van der Waals surface area contributed by atoms with E-state index in [0.29, 0.717) is 11.3 Å². The van der Waals surface area contributed by atoms with Crippen molar-refractivity contribution in [2.75, 3.05) is 26.2 Å². The lowest BCUT2D eigenvalue weighted by molar-refractivity contribution is 0.112. The number of nitrogens with zero attached hydrogens (tertiary/aromatic N) is 1. The Labute approximate surface area is 111 Å². The van der Waals surface area contributed by atoms with Crippen LogP contribution in [0.2, 0.25) is 0 Å². The lowest BCUT2D eigenvalue weighted by Gasteiger charge is -2.39. The first kappa shape index (κ1) is 13.6. The fraction of sp³-hybridized carbons (Fsp3) is 0.625. The summed E-state index contributed by atoms with van der Waals surface area (Å²) in [4.78, 5) is 2.59. The fourth-order valence-corrected chi connectivity index (χ4v) is 3.05. The summed E-state index contributed by atoms with van der Waals surface area (Å²) in [6, 6.07) is 10.7. The molecule has 0 aliphatic carbocycles. The molecule has 0 bridgehead atoms. The Hall–Kier alpha value is -0.860. The highest BCUT2D eigenvalue weighted by atomic mass is 15.1. The minimum atomic E-state index is 0.466. The maximum Gasteiger partial charge on any atom is 0.00888 e. The average molecular weight is 246 g/mol. The van der Waals surface area contributed by atoms with Crippen molar-refractivity contribution in [3.8, 4) is 0 Å². The molecule has 1 aromatic rings. The van der Waals surface area contributed by atoms with Gasteiger partial charge in [0.1, 0.15) is 0 Å². The van der Waals surface area contributed by atoms with E-state index in [1.807, 2.05) is 0 Å². The molecular formula is C16H26N2. The lowest BCUT2D eigenvalue weighted by atomic mass is 9.83. The molecule has 1 aromatic carbocycles. The summed E-state index contributed by atoms with van der Waals surface area (Å²) in [5, 5.41) is 0. The van der Waals surface area contributed by atoms with Gasteiger partial charge in [-0.3, -0.25) is 0 Å². The Bertz CT molecular complexity index is 359. The fourth-order valence-electron chi connectivity index (χ4n) is 3.05. The number of hydrogen-bond donors (Lipinski definition) is 1. The normalized spacial score (nSPS) is 21.7. The predicted octanol–water partition coefficient (Wildman–Crippen LogP) is 2.85. The lowest BCUT2D eigenvalue weighted by Crippen LogP contribution is -2.42. The largest absolute Gasteiger partial charge is 0.330 e. The third-order valence-electron chi connectivity index (χ3n) is 4.01. The standard InChI is InChI=1S/C16H26N2/c1-16(2)9-6-10-18(13-16)12-15(11-17)14-7-4-3-5-8-14/h3-5,7-8,15H,6,9-13,17H2,1-2H3. The van der Waals surface area contributed by atoms with Gasteiger partial charge in [0.15, 0.2) is 0 Å². The molecule has 0 radical (unpaired) electrons. The molecule has 1 aliphatic heterocycles. The molecule has 2 heteroatoms. The van der Waals surface area contributed by atoms with E-state index in [2.05, 4.69) is 49.1 Å². The summed E-state index contributed by atoms with van der Waals surface area (Å²) in [6.45, 7) is 9.02. The number of likely N-dealkylation sites (tertiary alicyclic amines) is 1. The van der Waals surface area contributed by atoms with Gasteiger partial charge < -0.3 is 10.6 Å². The number of hydrogen-bond acceptors (Lipinski definition) is 2. The van der Waals surface area contributed by atoms with E-state index < -0.39 is 0 Å². The highest BCUT2D eigenvalue weighted by Crippen LogP contribution is 2.29. The van der Waals surface area contributed by atoms with Crippen molar-refractivity contribution in [2.24, 2.45) is 11.1 Å². The molecule has 0 amide bonds. The maximum absolute atomic E-state index is 5.96. The van der Waals surface area contributed by atoms with Crippen LogP contribution in [0.25, 0.3) is 0 Å². The Morgan fingerprint density at radius 3 is 2.61 bits per heavy atom. The van der Waals surface area contributed by atoms with E-state index in [4.69, 9.17) is 5.73 Å². The Balaban J connectivity index is 1.98. The molecule has 100 valence electrons. The molecule has 18 heavy (non-hydrogen) atoms. The predicted molar refractivity (Wildman–Crippen MR) is 77.7 cm³/mol. The van der Waals surface area contributed by atoms with Crippen molar-refractivity contribution in [3.63, 3.8) is 0 Å². The maximum atomic E-state index is 5.96. The summed E-state index contributed by atoms with van der Waals surface area (Å²) in [5.74, 6) is 0.472. The molecule has 1 fully saturated rings. The van der Waals surface area contributed by atoms with Gasteiger partial charge in [-0.05, 0) is 30.4 Å². The third-order valence-corrected chi connectivity index (χ3v) is 4.01. The number of piperidine rings is 1. The van der Waals surface area contributed by atoms with Crippen LogP contribution in [0, 0.1) is 5.41 Å². The van der Waals surface area contributed by atoms with Gasteiger partial charge in [0.25, 0.3) is 0 Å². The van der Waals surface area contributed by atoms with Crippen LogP contribution in [0.4, 0.5) is 0 Å². The molecule has 2 nitrogen and oxygen atoms in total. The molecule has 2 rings (SSSR count). The molecule has 2 N–H and O–H groups in total. The highest BCUT2D eigenvalue weighted by Gasteiger charge is 2.27. The van der Waals surface area contributed by atoms with Crippen LogP contribution in [-0.4, -0.2) is 31.1 Å². The average Bonchev–Trinajstić information content (AvgIpc) is 2.36. The van der Waals surface area contributed by atoms with Crippen LogP contribution in [0.5, 0.6) is 0 Å². The quantitative estimate of drug-likeness (QED) is 0.885. The van der Waals surface area contributed by atoms with Crippen molar-refractivity contribution < 1.29 is 0 Å². The number of benzene rings is 1. The van der Waals surface area contributed by atoms with Crippen LogP contribution in [0.15, 0.2) is 30.3 Å². The van der Waals surface area contributed by atoms with Gasteiger partial charge in [-0.1, -0.05) is 44.2 Å². The molecule has 0 spiro atoms. The minimum absolute atomic E-state index is 0.466. The van der Waals surface area contributed by atoms with E-state index in [1.165, 1.54) is 31.5 Å². The first-order chi connectivity index (χ1) is 8.61. The second kappa shape index (κ2) is 5.85. The van der Waals surface area contributed by atoms with Crippen molar-refractivity contribution >= 4 is 0 Å². The van der Waals surface area contributed by atoms with Crippen molar-refractivity contribution in [3.05, 3.63) is 35.9 Å². The van der Waals surface area contributed by atoms with Gasteiger partial charge in [-0.15, -0.1) is 0 Å². The molecule has 1 saturated heterocycles. The van der Waals surface area contributed by atoms with Gasteiger partial charge in [-0.2, -0.15) is 0 Å². The van der Waals surface area contributed by atoms with E-state index >= 15 is 0 Å². The van der Waals surface area contributed by atoms with Gasteiger partial charge in [0.2, 0.25) is 0 Å². The molecule has 1 aliphatic rings. The van der Waals surface area contributed by atoms with Crippen molar-refractivity contribution in [1.82, 2.24) is 4.90 Å².